The number of hydrogen-bond acceptors (Lipinski definition) is 3. The molecule has 1 aliphatic carbocycles. The van der Waals surface area contributed by atoms with Crippen molar-refractivity contribution in [2.75, 3.05) is 13.6 Å². The van der Waals surface area contributed by atoms with E-state index in [4.69, 9.17) is 0 Å². The van der Waals surface area contributed by atoms with Gasteiger partial charge in [-0.3, -0.25) is 0 Å². The molecule has 0 amide bonds. The first-order valence-electron chi connectivity index (χ1n) is 8.23. The van der Waals surface area contributed by atoms with Crippen molar-refractivity contribution >= 4 is 11.3 Å². The van der Waals surface area contributed by atoms with Gasteiger partial charge in [-0.1, -0.05) is 26.2 Å². The van der Waals surface area contributed by atoms with E-state index in [1.165, 1.54) is 61.3 Å². The van der Waals surface area contributed by atoms with Crippen LogP contribution >= 0.6 is 11.3 Å². The summed E-state index contributed by atoms with van der Waals surface area (Å²) in [5.41, 5.74) is 0.483. The number of unbranched alkanes of at least 4 members (excludes halogenated alkanes) is 1. The van der Waals surface area contributed by atoms with Crippen LogP contribution in [0.5, 0.6) is 0 Å². The second kappa shape index (κ2) is 7.56. The zero-order chi connectivity index (χ0) is 14.4. The first-order chi connectivity index (χ1) is 9.67. The molecule has 0 spiro atoms. The normalized spacial score (nSPS) is 26.9. The molecule has 0 radical (unpaired) electrons. The lowest BCUT2D eigenvalue weighted by molar-refractivity contribution is 0.142. The lowest BCUT2D eigenvalue weighted by Gasteiger charge is -2.40. The molecule has 2 nitrogen and oxygen atoms in total. The molecular weight excluding hydrogens is 264 g/mol. The van der Waals surface area contributed by atoms with E-state index in [9.17, 15) is 0 Å². The highest BCUT2D eigenvalue weighted by Crippen LogP contribution is 2.43. The van der Waals surface area contributed by atoms with Crippen LogP contribution in [0.15, 0.2) is 6.20 Å². The Morgan fingerprint density at radius 1 is 1.40 bits per heavy atom. The highest BCUT2D eigenvalue weighted by Gasteiger charge is 2.35. The average molecular weight is 295 g/mol. The van der Waals surface area contributed by atoms with E-state index in [-0.39, 0.29) is 0 Å². The third-order valence-electron chi connectivity index (χ3n) is 4.90. The van der Waals surface area contributed by atoms with Crippen molar-refractivity contribution in [1.29, 1.82) is 0 Å². The smallest absolute Gasteiger partial charge is 0.0896 e. The number of hydrogen-bond donors (Lipinski definition) is 1. The van der Waals surface area contributed by atoms with E-state index in [0.29, 0.717) is 5.41 Å². The summed E-state index contributed by atoms with van der Waals surface area (Å²) >= 11 is 1.88. The van der Waals surface area contributed by atoms with Crippen molar-refractivity contribution in [2.45, 2.75) is 65.2 Å². The molecule has 1 fully saturated rings. The fourth-order valence-electron chi connectivity index (χ4n) is 3.72. The molecular formula is C17H30N2S. The van der Waals surface area contributed by atoms with Gasteiger partial charge in [-0.15, -0.1) is 11.3 Å². The van der Waals surface area contributed by atoms with Gasteiger partial charge in [0.1, 0.15) is 0 Å². The Bertz CT molecular complexity index is 391. The van der Waals surface area contributed by atoms with Crippen LogP contribution in [0.3, 0.4) is 0 Å². The Kier molecular flexibility index (Phi) is 6.03. The summed E-state index contributed by atoms with van der Waals surface area (Å²) < 4.78 is 0. The molecule has 0 aromatic carbocycles. The largest absolute Gasteiger partial charge is 0.319 e. The van der Waals surface area contributed by atoms with Gasteiger partial charge in [0.2, 0.25) is 0 Å². The molecule has 0 unspecified atom stereocenters. The predicted octanol–water partition coefficient (Wildman–Crippen LogP) is 4.58. The van der Waals surface area contributed by atoms with Gasteiger partial charge in [0.15, 0.2) is 0 Å². The summed E-state index contributed by atoms with van der Waals surface area (Å²) in [4.78, 5) is 5.90. The van der Waals surface area contributed by atoms with Crippen molar-refractivity contribution in [3.05, 3.63) is 16.1 Å². The van der Waals surface area contributed by atoms with Crippen LogP contribution in [-0.2, 0) is 6.42 Å². The summed E-state index contributed by atoms with van der Waals surface area (Å²) in [5, 5.41) is 4.65. The maximum Gasteiger partial charge on any atom is 0.0896 e. The molecule has 20 heavy (non-hydrogen) atoms. The van der Waals surface area contributed by atoms with Crippen molar-refractivity contribution < 1.29 is 0 Å². The molecule has 1 aromatic rings. The highest BCUT2D eigenvalue weighted by molar-refractivity contribution is 7.11. The lowest BCUT2D eigenvalue weighted by Crippen LogP contribution is -2.38. The van der Waals surface area contributed by atoms with Gasteiger partial charge in [-0.2, -0.15) is 0 Å². The van der Waals surface area contributed by atoms with Gasteiger partial charge < -0.3 is 5.32 Å². The van der Waals surface area contributed by atoms with E-state index in [1.807, 2.05) is 11.3 Å². The number of nitrogens with zero attached hydrogens (tertiary/aromatic N) is 1. The molecule has 3 heteroatoms. The van der Waals surface area contributed by atoms with Gasteiger partial charge in [0, 0.05) is 17.6 Å². The van der Waals surface area contributed by atoms with Crippen molar-refractivity contribution in [1.82, 2.24) is 10.3 Å². The summed E-state index contributed by atoms with van der Waals surface area (Å²) in [6, 6.07) is 0. The third kappa shape index (κ3) is 4.29. The number of nitrogens with one attached hydrogen (secondary N) is 1. The quantitative estimate of drug-likeness (QED) is 0.796. The second-order valence-electron chi connectivity index (χ2n) is 6.64. The third-order valence-corrected chi connectivity index (χ3v) is 5.81. The molecule has 1 aromatic heterocycles. The molecule has 0 atom stereocenters. The minimum Gasteiger partial charge on any atom is -0.319 e. The van der Waals surface area contributed by atoms with Crippen LogP contribution in [0.25, 0.3) is 0 Å². The Morgan fingerprint density at radius 2 is 2.15 bits per heavy atom. The van der Waals surface area contributed by atoms with E-state index >= 15 is 0 Å². The SMILES string of the molecule is CCCCC1CCC(CNC)(Cc2cnc(C)s2)CC1. The topological polar surface area (TPSA) is 24.9 Å². The Labute approximate surface area is 128 Å². The van der Waals surface area contributed by atoms with Gasteiger partial charge in [-0.05, 0) is 57.4 Å². The number of thiazole rings is 1. The summed E-state index contributed by atoms with van der Waals surface area (Å²) in [6.07, 6.45) is 13.2. The van der Waals surface area contributed by atoms with Gasteiger partial charge in [0.05, 0.1) is 5.01 Å². The van der Waals surface area contributed by atoms with Crippen molar-refractivity contribution in [2.24, 2.45) is 11.3 Å². The van der Waals surface area contributed by atoms with Crippen molar-refractivity contribution in [3.63, 3.8) is 0 Å². The summed E-state index contributed by atoms with van der Waals surface area (Å²) in [7, 11) is 2.10. The Morgan fingerprint density at radius 3 is 2.70 bits per heavy atom. The van der Waals surface area contributed by atoms with Gasteiger partial charge in [0.25, 0.3) is 0 Å². The van der Waals surface area contributed by atoms with Crippen LogP contribution in [0.1, 0.15) is 61.8 Å². The Hall–Kier alpha value is -0.410. The summed E-state index contributed by atoms with van der Waals surface area (Å²) in [6.45, 7) is 5.57. The maximum atomic E-state index is 4.43. The zero-order valence-corrected chi connectivity index (χ0v) is 14.2. The predicted molar refractivity (Wildman–Crippen MR) is 88.4 cm³/mol. The fourth-order valence-corrected chi connectivity index (χ4v) is 4.69. The number of rotatable bonds is 7. The molecule has 0 aliphatic heterocycles. The highest BCUT2D eigenvalue weighted by atomic mass is 32.1. The first-order valence-corrected chi connectivity index (χ1v) is 9.05. The van der Waals surface area contributed by atoms with Crippen molar-refractivity contribution in [3.8, 4) is 0 Å². The zero-order valence-electron chi connectivity index (χ0n) is 13.4. The molecule has 0 bridgehead atoms. The molecule has 0 saturated heterocycles. The number of aryl methyl sites for hydroxylation is 1. The van der Waals surface area contributed by atoms with Crippen LogP contribution in [0.2, 0.25) is 0 Å². The van der Waals surface area contributed by atoms with Gasteiger partial charge >= 0.3 is 0 Å². The minimum atomic E-state index is 0.483. The van der Waals surface area contributed by atoms with Crippen LogP contribution in [0.4, 0.5) is 0 Å². The van der Waals surface area contributed by atoms with Crippen LogP contribution in [0, 0.1) is 18.3 Å². The maximum absolute atomic E-state index is 4.43. The van der Waals surface area contributed by atoms with E-state index in [1.54, 1.807) is 0 Å². The lowest BCUT2D eigenvalue weighted by atomic mass is 9.67. The fraction of sp³-hybridized carbons (Fsp3) is 0.824. The molecule has 1 aliphatic rings. The molecule has 2 rings (SSSR count). The van der Waals surface area contributed by atoms with E-state index in [2.05, 4.69) is 37.4 Å². The monoisotopic (exact) mass is 294 g/mol. The van der Waals surface area contributed by atoms with Crippen LogP contribution < -0.4 is 5.32 Å². The summed E-state index contributed by atoms with van der Waals surface area (Å²) in [5.74, 6) is 0.989. The second-order valence-corrected chi connectivity index (χ2v) is 7.96. The first kappa shape index (κ1) is 16.0. The van der Waals surface area contributed by atoms with E-state index in [0.717, 1.165) is 12.5 Å². The van der Waals surface area contributed by atoms with Gasteiger partial charge in [-0.25, -0.2) is 4.98 Å². The molecule has 114 valence electrons. The van der Waals surface area contributed by atoms with Crippen LogP contribution in [-0.4, -0.2) is 18.6 Å². The number of aromatic nitrogens is 1. The molecule has 1 N–H and O–H groups in total. The Balaban J connectivity index is 1.94. The standard InChI is InChI=1S/C17H30N2S/c1-4-5-6-15-7-9-17(10-8-15,13-18-3)11-16-12-19-14(2)20-16/h12,15,18H,4-11,13H2,1-3H3. The minimum absolute atomic E-state index is 0.483. The average Bonchev–Trinajstić information content (AvgIpc) is 2.84. The molecule has 1 heterocycles. The molecule has 1 saturated carbocycles. The van der Waals surface area contributed by atoms with E-state index < -0.39 is 0 Å².